The van der Waals surface area contributed by atoms with E-state index in [1.165, 1.54) is 5.56 Å². The van der Waals surface area contributed by atoms with Crippen LogP contribution in [0, 0.1) is 4.64 Å². The second-order valence-corrected chi connectivity index (χ2v) is 5.09. The summed E-state index contributed by atoms with van der Waals surface area (Å²) in [5.74, 6) is 0.918. The van der Waals surface area contributed by atoms with Crippen LogP contribution < -0.4 is 0 Å². The maximum Gasteiger partial charge on any atom is 0.130 e. The predicted molar refractivity (Wildman–Crippen MR) is 75.7 cm³/mol. The Morgan fingerprint density at radius 3 is 2.82 bits per heavy atom. The lowest BCUT2D eigenvalue weighted by Crippen LogP contribution is -2.00. The van der Waals surface area contributed by atoms with Gasteiger partial charge in [-0.25, -0.2) is 4.98 Å². The van der Waals surface area contributed by atoms with Gasteiger partial charge in [-0.2, -0.15) is 0 Å². The summed E-state index contributed by atoms with van der Waals surface area (Å²) in [5.41, 5.74) is 2.34. The molecule has 4 heteroatoms. The van der Waals surface area contributed by atoms with Crippen LogP contribution in [0.3, 0.4) is 0 Å². The maximum atomic E-state index is 5.16. The zero-order valence-electron chi connectivity index (χ0n) is 9.53. The third-order valence-electron chi connectivity index (χ3n) is 2.54. The van der Waals surface area contributed by atoms with Gasteiger partial charge in [-0.1, -0.05) is 53.3 Å². The molecule has 2 nitrogen and oxygen atoms in total. The molecule has 0 unspecified atom stereocenters. The Labute approximate surface area is 114 Å². The first kappa shape index (κ1) is 12.5. The van der Waals surface area contributed by atoms with Gasteiger partial charge in [0.15, 0.2) is 0 Å². The summed E-state index contributed by atoms with van der Waals surface area (Å²) in [6.07, 6.45) is 1.70. The number of hydrogen-bond donors (Lipinski definition) is 1. The van der Waals surface area contributed by atoms with Gasteiger partial charge in [0.2, 0.25) is 0 Å². The summed E-state index contributed by atoms with van der Waals surface area (Å²) in [4.78, 5) is 7.67. The zero-order valence-corrected chi connectivity index (χ0v) is 11.9. The second-order valence-electron chi connectivity index (χ2n) is 3.81. The summed E-state index contributed by atoms with van der Waals surface area (Å²) in [6, 6.07) is 10.1. The largest absolute Gasteiger partial charge is 0.347 e. The van der Waals surface area contributed by atoms with E-state index in [1.54, 1.807) is 0 Å². The Balaban J connectivity index is 2.33. The molecule has 0 aliphatic rings. The van der Waals surface area contributed by atoms with Crippen LogP contribution in [0.5, 0.6) is 0 Å². The molecule has 0 aliphatic carbocycles. The minimum Gasteiger partial charge on any atom is -0.347 e. The van der Waals surface area contributed by atoms with Gasteiger partial charge in [-0.05, 0) is 24.1 Å². The molecule has 0 bridgehead atoms. The fourth-order valence-electron chi connectivity index (χ4n) is 1.66. The van der Waals surface area contributed by atoms with Crippen molar-refractivity contribution >= 4 is 28.1 Å². The number of rotatable bonds is 3. The van der Waals surface area contributed by atoms with Crippen LogP contribution in [-0.2, 0) is 12.8 Å². The Bertz CT molecular complexity index is 578. The van der Waals surface area contributed by atoms with Crippen LogP contribution in [0.4, 0.5) is 0 Å². The van der Waals surface area contributed by atoms with Crippen molar-refractivity contribution in [2.24, 2.45) is 0 Å². The summed E-state index contributed by atoms with van der Waals surface area (Å²) in [6.45, 7) is 2.10. The van der Waals surface area contributed by atoms with Crippen molar-refractivity contribution in [1.82, 2.24) is 9.97 Å². The van der Waals surface area contributed by atoms with Gasteiger partial charge in [-0.15, -0.1) is 0 Å². The summed E-state index contributed by atoms with van der Waals surface area (Å²) < 4.78 is 1.76. The Kier molecular flexibility index (Phi) is 4.07. The monoisotopic (exact) mass is 308 g/mol. The molecule has 0 amide bonds. The molecule has 0 fully saturated rings. The normalized spacial score (nSPS) is 10.5. The highest BCUT2D eigenvalue weighted by molar-refractivity contribution is 9.10. The Morgan fingerprint density at radius 2 is 2.12 bits per heavy atom. The van der Waals surface area contributed by atoms with E-state index in [0.29, 0.717) is 4.64 Å². The number of aromatic nitrogens is 2. The molecule has 0 radical (unpaired) electrons. The highest BCUT2D eigenvalue weighted by Gasteiger charge is 2.03. The van der Waals surface area contributed by atoms with Gasteiger partial charge in [0.05, 0.1) is 0 Å². The van der Waals surface area contributed by atoms with E-state index in [4.69, 9.17) is 12.2 Å². The van der Waals surface area contributed by atoms with E-state index >= 15 is 0 Å². The molecule has 0 atom stereocenters. The molecule has 17 heavy (non-hydrogen) atoms. The van der Waals surface area contributed by atoms with Crippen LogP contribution in [0.2, 0.25) is 0 Å². The molecular weight excluding hydrogens is 296 g/mol. The Morgan fingerprint density at radius 1 is 1.35 bits per heavy atom. The fraction of sp³-hybridized carbons (Fsp3) is 0.231. The van der Waals surface area contributed by atoms with Gasteiger partial charge < -0.3 is 4.98 Å². The lowest BCUT2D eigenvalue weighted by molar-refractivity contribution is 0.897. The summed E-state index contributed by atoms with van der Waals surface area (Å²) in [5, 5.41) is 0. The van der Waals surface area contributed by atoms with E-state index in [0.717, 1.165) is 28.8 Å². The molecule has 2 rings (SSSR count). The average Bonchev–Trinajstić information content (AvgIpc) is 2.31. The first-order valence-corrected chi connectivity index (χ1v) is 6.71. The van der Waals surface area contributed by atoms with Crippen molar-refractivity contribution in [1.29, 1.82) is 0 Å². The SMILES string of the molecule is CCc1cc(=S)nc(Cc2ccccc2Br)[nH]1. The molecule has 2 aromatic rings. The highest BCUT2D eigenvalue weighted by Crippen LogP contribution is 2.18. The number of aryl methyl sites for hydroxylation is 1. The summed E-state index contributed by atoms with van der Waals surface area (Å²) >= 11 is 8.70. The minimum atomic E-state index is 0.655. The quantitative estimate of drug-likeness (QED) is 0.866. The second kappa shape index (κ2) is 5.56. The van der Waals surface area contributed by atoms with Crippen LogP contribution >= 0.6 is 28.1 Å². The van der Waals surface area contributed by atoms with Crippen molar-refractivity contribution < 1.29 is 0 Å². The number of H-pyrrole nitrogens is 1. The van der Waals surface area contributed by atoms with Gasteiger partial charge in [-0.3, -0.25) is 0 Å². The molecule has 1 aromatic carbocycles. The van der Waals surface area contributed by atoms with Crippen molar-refractivity contribution in [3.05, 3.63) is 56.5 Å². The first-order chi connectivity index (χ1) is 8.19. The number of nitrogens with zero attached hydrogens (tertiary/aromatic N) is 1. The molecule has 0 saturated carbocycles. The summed E-state index contributed by atoms with van der Waals surface area (Å²) in [7, 11) is 0. The number of benzene rings is 1. The predicted octanol–water partition coefficient (Wildman–Crippen LogP) is 4.05. The Hall–Kier alpha value is -1.000. The lowest BCUT2D eigenvalue weighted by Gasteiger charge is -2.06. The number of aromatic amines is 1. The molecule has 0 saturated heterocycles. The average molecular weight is 309 g/mol. The fourth-order valence-corrected chi connectivity index (χ4v) is 2.34. The van der Waals surface area contributed by atoms with Crippen molar-refractivity contribution in [2.75, 3.05) is 0 Å². The zero-order chi connectivity index (χ0) is 12.3. The third-order valence-corrected chi connectivity index (χ3v) is 3.53. The first-order valence-electron chi connectivity index (χ1n) is 5.51. The van der Waals surface area contributed by atoms with Crippen molar-refractivity contribution in [2.45, 2.75) is 19.8 Å². The van der Waals surface area contributed by atoms with Gasteiger partial charge >= 0.3 is 0 Å². The van der Waals surface area contributed by atoms with Crippen LogP contribution in [0.15, 0.2) is 34.8 Å². The van der Waals surface area contributed by atoms with E-state index in [-0.39, 0.29) is 0 Å². The number of hydrogen-bond acceptors (Lipinski definition) is 2. The van der Waals surface area contributed by atoms with Crippen molar-refractivity contribution in [3.63, 3.8) is 0 Å². The van der Waals surface area contributed by atoms with Crippen LogP contribution in [0.1, 0.15) is 24.0 Å². The lowest BCUT2D eigenvalue weighted by atomic mass is 10.1. The maximum absolute atomic E-state index is 5.16. The van der Waals surface area contributed by atoms with E-state index in [2.05, 4.69) is 38.9 Å². The van der Waals surface area contributed by atoms with Crippen molar-refractivity contribution in [3.8, 4) is 0 Å². The third kappa shape index (κ3) is 3.23. The van der Waals surface area contributed by atoms with Gasteiger partial charge in [0, 0.05) is 16.6 Å². The van der Waals surface area contributed by atoms with E-state index < -0.39 is 0 Å². The molecule has 1 heterocycles. The number of halogens is 1. The van der Waals surface area contributed by atoms with E-state index in [9.17, 15) is 0 Å². The highest BCUT2D eigenvalue weighted by atomic mass is 79.9. The van der Waals surface area contributed by atoms with Gasteiger partial charge in [0.25, 0.3) is 0 Å². The standard InChI is InChI=1S/C13H13BrN2S/c1-2-10-8-13(17)16-12(15-10)7-9-5-3-4-6-11(9)14/h3-6,8H,2,7H2,1H3,(H,15,16,17). The van der Waals surface area contributed by atoms with Gasteiger partial charge in [0.1, 0.15) is 10.5 Å². The number of nitrogens with one attached hydrogen (secondary N) is 1. The molecule has 1 aromatic heterocycles. The smallest absolute Gasteiger partial charge is 0.130 e. The minimum absolute atomic E-state index is 0.655. The molecule has 1 N–H and O–H groups in total. The molecular formula is C13H13BrN2S. The van der Waals surface area contributed by atoms with Crippen LogP contribution in [-0.4, -0.2) is 9.97 Å². The molecule has 0 spiro atoms. The van der Waals surface area contributed by atoms with E-state index in [1.807, 2.05) is 24.3 Å². The molecule has 88 valence electrons. The topological polar surface area (TPSA) is 28.7 Å². The molecule has 0 aliphatic heterocycles. The van der Waals surface area contributed by atoms with Crippen LogP contribution in [0.25, 0.3) is 0 Å².